The number of urea groups is 1. The molecule has 0 spiro atoms. The lowest BCUT2D eigenvalue weighted by Crippen LogP contribution is -2.52. The number of piperidine rings is 1. The van der Waals surface area contributed by atoms with Crippen LogP contribution in [-0.4, -0.2) is 47.0 Å². The van der Waals surface area contributed by atoms with Gasteiger partial charge in [-0.25, -0.2) is 4.79 Å². The highest BCUT2D eigenvalue weighted by Crippen LogP contribution is 2.37. The SMILES string of the molecule is CC(C)(C)c1cc(-c2cc(-c3ccc(C(=O)N4CCCC(NC(=O)NC5CC5)C4)cc3Cl)cs2)ccn1.Cl. The lowest BCUT2D eigenvalue weighted by atomic mass is 9.90. The fourth-order valence-corrected chi connectivity index (χ4v) is 5.80. The summed E-state index contributed by atoms with van der Waals surface area (Å²) in [4.78, 5) is 32.9. The van der Waals surface area contributed by atoms with Gasteiger partial charge >= 0.3 is 6.03 Å². The summed E-state index contributed by atoms with van der Waals surface area (Å²) in [5.41, 5.74) is 4.67. The van der Waals surface area contributed by atoms with E-state index in [0.717, 1.165) is 52.9 Å². The molecule has 1 aliphatic heterocycles. The predicted octanol–water partition coefficient (Wildman–Crippen LogP) is 6.92. The third-order valence-corrected chi connectivity index (χ3v) is 8.19. The summed E-state index contributed by atoms with van der Waals surface area (Å²) in [6, 6.07) is 12.0. The molecule has 1 saturated carbocycles. The first-order valence-electron chi connectivity index (χ1n) is 12.9. The molecule has 9 heteroatoms. The molecule has 1 aromatic carbocycles. The van der Waals surface area contributed by atoms with E-state index in [1.165, 1.54) is 0 Å². The van der Waals surface area contributed by atoms with Gasteiger partial charge in [-0.15, -0.1) is 23.7 Å². The Balaban J connectivity index is 0.00000336. The zero-order valence-electron chi connectivity index (χ0n) is 21.9. The first-order chi connectivity index (χ1) is 17.7. The maximum absolute atomic E-state index is 13.3. The van der Waals surface area contributed by atoms with Gasteiger partial charge in [0.05, 0.1) is 0 Å². The number of hydrogen-bond acceptors (Lipinski definition) is 4. The second-order valence-electron chi connectivity index (χ2n) is 11.1. The van der Waals surface area contributed by atoms with Gasteiger partial charge in [-0.05, 0) is 72.5 Å². The number of likely N-dealkylation sites (tertiary alicyclic amines) is 1. The van der Waals surface area contributed by atoms with Crippen molar-refractivity contribution in [2.75, 3.05) is 13.1 Å². The number of aromatic nitrogens is 1. The second kappa shape index (κ2) is 11.6. The Hall–Kier alpha value is -2.61. The number of carbonyl (C=O) groups is 2. The quantitative estimate of drug-likeness (QED) is 0.348. The largest absolute Gasteiger partial charge is 0.337 e. The molecule has 1 unspecified atom stereocenters. The van der Waals surface area contributed by atoms with Gasteiger partial charge in [-0.1, -0.05) is 38.4 Å². The van der Waals surface area contributed by atoms with Crippen molar-refractivity contribution in [1.82, 2.24) is 20.5 Å². The standard InChI is InChI=1S/C29H33ClN4O2S.ClH/c1-29(2,3)26-15-18(10-11-31-26)25-14-20(17-37-25)23-9-6-19(13-24(23)30)27(35)34-12-4-5-22(16-34)33-28(36)32-21-7-8-21;/h6,9-11,13-15,17,21-22H,4-5,7-8,12,16H2,1-3H3,(H2,32,33,36);1H. The molecule has 3 amide bonds. The zero-order chi connectivity index (χ0) is 26.2. The molecule has 2 aromatic heterocycles. The highest BCUT2D eigenvalue weighted by Gasteiger charge is 2.28. The molecule has 202 valence electrons. The number of halogens is 2. The minimum Gasteiger partial charge on any atom is -0.337 e. The number of nitrogens with zero attached hydrogens (tertiary/aromatic N) is 2. The Bertz CT molecular complexity index is 1320. The first-order valence-corrected chi connectivity index (χ1v) is 14.1. The van der Waals surface area contributed by atoms with Crippen molar-refractivity contribution in [3.8, 4) is 21.6 Å². The van der Waals surface area contributed by atoms with Crippen LogP contribution in [0.1, 0.15) is 62.5 Å². The van der Waals surface area contributed by atoms with E-state index in [1.54, 1.807) is 17.4 Å². The third kappa shape index (κ3) is 6.68. The molecule has 0 bridgehead atoms. The average molecular weight is 574 g/mol. The minimum atomic E-state index is -0.134. The lowest BCUT2D eigenvalue weighted by molar-refractivity contribution is 0.0697. The molecule has 1 aliphatic carbocycles. The van der Waals surface area contributed by atoms with Crippen molar-refractivity contribution < 1.29 is 9.59 Å². The number of amides is 3. The monoisotopic (exact) mass is 572 g/mol. The van der Waals surface area contributed by atoms with Crippen LogP contribution in [0.3, 0.4) is 0 Å². The summed E-state index contributed by atoms with van der Waals surface area (Å²) in [6.07, 6.45) is 5.69. The summed E-state index contributed by atoms with van der Waals surface area (Å²) in [5.74, 6) is -0.0555. The van der Waals surface area contributed by atoms with Crippen LogP contribution in [0.4, 0.5) is 4.79 Å². The Morgan fingerprint density at radius 2 is 1.79 bits per heavy atom. The molecule has 2 fully saturated rings. The van der Waals surface area contributed by atoms with Gasteiger partial charge in [0.15, 0.2) is 0 Å². The lowest BCUT2D eigenvalue weighted by Gasteiger charge is -2.33. The fourth-order valence-electron chi connectivity index (χ4n) is 4.61. The number of carbonyl (C=O) groups excluding carboxylic acids is 2. The van der Waals surface area contributed by atoms with Gasteiger partial charge < -0.3 is 15.5 Å². The average Bonchev–Trinajstić information content (AvgIpc) is 3.54. The number of benzene rings is 1. The van der Waals surface area contributed by atoms with E-state index >= 15 is 0 Å². The van der Waals surface area contributed by atoms with Crippen molar-refractivity contribution in [3.05, 3.63) is 64.3 Å². The van der Waals surface area contributed by atoms with E-state index in [2.05, 4.69) is 53.9 Å². The summed E-state index contributed by atoms with van der Waals surface area (Å²) < 4.78 is 0. The Morgan fingerprint density at radius 3 is 2.50 bits per heavy atom. The molecule has 3 heterocycles. The van der Waals surface area contributed by atoms with Crippen LogP contribution < -0.4 is 10.6 Å². The van der Waals surface area contributed by atoms with Crippen LogP contribution in [-0.2, 0) is 5.41 Å². The molecule has 0 radical (unpaired) electrons. The maximum atomic E-state index is 13.3. The maximum Gasteiger partial charge on any atom is 0.315 e. The predicted molar refractivity (Wildman–Crippen MR) is 158 cm³/mol. The van der Waals surface area contributed by atoms with E-state index in [4.69, 9.17) is 11.6 Å². The van der Waals surface area contributed by atoms with Crippen LogP contribution in [0.25, 0.3) is 21.6 Å². The smallest absolute Gasteiger partial charge is 0.315 e. The normalized spacial score (nSPS) is 17.5. The minimum absolute atomic E-state index is 0. The highest BCUT2D eigenvalue weighted by molar-refractivity contribution is 7.14. The number of rotatable bonds is 5. The summed E-state index contributed by atoms with van der Waals surface area (Å²) in [5, 5.41) is 8.63. The molecule has 5 rings (SSSR count). The highest BCUT2D eigenvalue weighted by atomic mass is 35.5. The van der Waals surface area contributed by atoms with Crippen molar-refractivity contribution in [3.63, 3.8) is 0 Å². The van der Waals surface area contributed by atoms with Gasteiger partial charge in [-0.2, -0.15) is 0 Å². The van der Waals surface area contributed by atoms with E-state index in [-0.39, 0.29) is 35.8 Å². The Labute approximate surface area is 239 Å². The molecular formula is C29H34Cl2N4O2S. The Kier molecular flexibility index (Phi) is 8.70. The molecule has 2 N–H and O–H groups in total. The van der Waals surface area contributed by atoms with Crippen molar-refractivity contribution in [1.29, 1.82) is 0 Å². The van der Waals surface area contributed by atoms with Crippen molar-refractivity contribution >= 4 is 47.3 Å². The van der Waals surface area contributed by atoms with E-state index in [9.17, 15) is 9.59 Å². The summed E-state index contributed by atoms with van der Waals surface area (Å²) in [7, 11) is 0. The van der Waals surface area contributed by atoms with Crippen LogP contribution in [0.2, 0.25) is 5.02 Å². The molecular weight excluding hydrogens is 539 g/mol. The van der Waals surface area contributed by atoms with Gasteiger partial charge in [0, 0.05) is 63.5 Å². The Morgan fingerprint density at radius 1 is 1.03 bits per heavy atom. The molecule has 38 heavy (non-hydrogen) atoms. The fraction of sp³-hybridized carbons (Fsp3) is 0.414. The summed E-state index contributed by atoms with van der Waals surface area (Å²) >= 11 is 8.37. The van der Waals surface area contributed by atoms with E-state index < -0.39 is 0 Å². The van der Waals surface area contributed by atoms with E-state index in [0.29, 0.717) is 29.7 Å². The molecule has 3 aromatic rings. The number of hydrogen-bond donors (Lipinski definition) is 2. The molecule has 2 aliphatic rings. The zero-order valence-corrected chi connectivity index (χ0v) is 24.3. The van der Waals surface area contributed by atoms with Gasteiger partial charge in [0.25, 0.3) is 5.91 Å². The second-order valence-corrected chi connectivity index (χ2v) is 12.4. The number of nitrogens with one attached hydrogen (secondary N) is 2. The molecule has 1 atom stereocenters. The van der Waals surface area contributed by atoms with Gasteiger partial charge in [-0.3, -0.25) is 9.78 Å². The van der Waals surface area contributed by atoms with Crippen LogP contribution in [0, 0.1) is 0 Å². The van der Waals surface area contributed by atoms with E-state index in [1.807, 2.05) is 29.3 Å². The van der Waals surface area contributed by atoms with Crippen LogP contribution in [0.15, 0.2) is 48.0 Å². The van der Waals surface area contributed by atoms with Gasteiger partial charge in [0.1, 0.15) is 0 Å². The third-order valence-electron chi connectivity index (χ3n) is 6.90. The van der Waals surface area contributed by atoms with Crippen LogP contribution >= 0.6 is 35.3 Å². The topological polar surface area (TPSA) is 74.3 Å². The molecule has 1 saturated heterocycles. The summed E-state index contributed by atoms with van der Waals surface area (Å²) in [6.45, 7) is 7.67. The van der Waals surface area contributed by atoms with Gasteiger partial charge in [0.2, 0.25) is 0 Å². The van der Waals surface area contributed by atoms with Crippen molar-refractivity contribution in [2.45, 2.75) is 64.0 Å². The number of pyridine rings is 1. The van der Waals surface area contributed by atoms with Crippen LogP contribution in [0.5, 0.6) is 0 Å². The number of thiophene rings is 1. The molecule has 6 nitrogen and oxygen atoms in total. The van der Waals surface area contributed by atoms with Crippen molar-refractivity contribution in [2.24, 2.45) is 0 Å². The first kappa shape index (κ1) is 28.4.